The van der Waals surface area contributed by atoms with Gasteiger partial charge in [-0.05, 0) is 30.2 Å². The summed E-state index contributed by atoms with van der Waals surface area (Å²) in [6.45, 7) is 1.23. The van der Waals surface area contributed by atoms with E-state index >= 15 is 0 Å². The molecule has 2 atom stereocenters. The number of nitrogens with one attached hydrogen (secondary N) is 1. The highest BCUT2D eigenvalue weighted by Gasteiger charge is 2.58. The third-order valence-corrected chi connectivity index (χ3v) is 4.90. The number of hydrogen-bond acceptors (Lipinski definition) is 4. The molecule has 0 bridgehead atoms. The van der Waals surface area contributed by atoms with Crippen molar-refractivity contribution in [1.82, 2.24) is 10.2 Å². The summed E-state index contributed by atoms with van der Waals surface area (Å²) in [4.78, 5) is 1.57. The minimum atomic E-state index is -4.53. The number of hydrogen-bond donors (Lipinski definition) is 1. The fourth-order valence-corrected chi connectivity index (χ4v) is 3.72. The lowest BCUT2D eigenvalue weighted by Gasteiger charge is -2.43. The number of methoxy groups -OCH3 is 1. The van der Waals surface area contributed by atoms with Crippen LogP contribution in [-0.4, -0.2) is 43.5 Å². The summed E-state index contributed by atoms with van der Waals surface area (Å²) in [6.07, 6.45) is 0.00738. The van der Waals surface area contributed by atoms with Crippen molar-refractivity contribution in [1.29, 1.82) is 5.26 Å². The first kappa shape index (κ1) is 18.5. The monoisotopic (exact) mass is 363 g/mol. The summed E-state index contributed by atoms with van der Waals surface area (Å²) in [5.41, 5.74) is -0.835. The standard InChI is InChI=1S/C19H20F3N3O/c1-26-16-6-2-4-14(11-16)10-15-5-3-7-18(12-23,17(15)19(20,21)22)25-9-8-24-13-25/h2-7,11,17,24H,8-10,13H2,1H3. The van der Waals surface area contributed by atoms with Crippen LogP contribution in [0.5, 0.6) is 5.75 Å². The summed E-state index contributed by atoms with van der Waals surface area (Å²) in [6, 6.07) is 8.95. The van der Waals surface area contributed by atoms with Crippen LogP contribution < -0.4 is 10.1 Å². The van der Waals surface area contributed by atoms with Crippen molar-refractivity contribution in [2.24, 2.45) is 5.92 Å². The fourth-order valence-electron chi connectivity index (χ4n) is 3.72. The fraction of sp³-hybridized carbons (Fsp3) is 0.421. The molecule has 2 aliphatic rings. The quantitative estimate of drug-likeness (QED) is 0.893. The Morgan fingerprint density at radius 2 is 2.23 bits per heavy atom. The molecule has 1 fully saturated rings. The van der Waals surface area contributed by atoms with Crippen molar-refractivity contribution < 1.29 is 17.9 Å². The third kappa shape index (κ3) is 3.35. The van der Waals surface area contributed by atoms with Crippen LogP contribution in [0.1, 0.15) is 5.56 Å². The van der Waals surface area contributed by atoms with Gasteiger partial charge in [0, 0.05) is 19.8 Å². The highest BCUT2D eigenvalue weighted by Crippen LogP contribution is 2.46. The van der Waals surface area contributed by atoms with Crippen molar-refractivity contribution in [3.8, 4) is 11.8 Å². The summed E-state index contributed by atoms with van der Waals surface area (Å²) in [5.74, 6) is -1.29. The smallest absolute Gasteiger partial charge is 0.398 e. The van der Waals surface area contributed by atoms with Gasteiger partial charge in [0.15, 0.2) is 0 Å². The van der Waals surface area contributed by atoms with Gasteiger partial charge < -0.3 is 10.1 Å². The lowest BCUT2D eigenvalue weighted by molar-refractivity contribution is -0.184. The van der Waals surface area contributed by atoms with Crippen LogP contribution in [0.4, 0.5) is 13.2 Å². The number of halogens is 3. The maximum atomic E-state index is 14.1. The van der Waals surface area contributed by atoms with Gasteiger partial charge in [0.05, 0.1) is 13.2 Å². The predicted molar refractivity (Wildman–Crippen MR) is 91.4 cm³/mol. The van der Waals surface area contributed by atoms with E-state index in [9.17, 15) is 18.4 Å². The zero-order valence-corrected chi connectivity index (χ0v) is 14.4. The molecular weight excluding hydrogens is 343 g/mol. The molecule has 0 amide bonds. The van der Waals surface area contributed by atoms with Gasteiger partial charge in [-0.15, -0.1) is 0 Å². The first-order valence-corrected chi connectivity index (χ1v) is 8.35. The molecule has 1 saturated heterocycles. The molecule has 1 aliphatic carbocycles. The van der Waals surface area contributed by atoms with Gasteiger partial charge in [-0.1, -0.05) is 29.9 Å². The SMILES string of the molecule is COc1cccc(CC2=CC=CC(C#N)(N3CCNC3)C2C(F)(F)F)c1. The molecule has 1 aromatic carbocycles. The van der Waals surface area contributed by atoms with Gasteiger partial charge in [0.25, 0.3) is 0 Å². The number of benzene rings is 1. The highest BCUT2D eigenvalue weighted by molar-refractivity contribution is 5.42. The lowest BCUT2D eigenvalue weighted by atomic mass is 9.73. The van der Waals surface area contributed by atoms with Gasteiger partial charge in [-0.3, -0.25) is 4.90 Å². The number of nitriles is 1. The van der Waals surface area contributed by atoms with Crippen LogP contribution in [-0.2, 0) is 6.42 Å². The normalized spacial score (nSPS) is 26.4. The van der Waals surface area contributed by atoms with E-state index in [4.69, 9.17) is 4.74 Å². The Balaban J connectivity index is 1.99. The van der Waals surface area contributed by atoms with E-state index in [-0.39, 0.29) is 18.7 Å². The molecular formula is C19H20F3N3O. The Morgan fingerprint density at radius 3 is 2.85 bits per heavy atom. The summed E-state index contributed by atoms with van der Waals surface area (Å²) >= 11 is 0. The van der Waals surface area contributed by atoms with Crippen LogP contribution in [0.15, 0.2) is 48.1 Å². The molecule has 1 aromatic rings. The van der Waals surface area contributed by atoms with E-state index in [2.05, 4.69) is 5.32 Å². The first-order chi connectivity index (χ1) is 12.4. The molecule has 4 nitrogen and oxygen atoms in total. The highest BCUT2D eigenvalue weighted by atomic mass is 19.4. The van der Waals surface area contributed by atoms with Crippen LogP contribution in [0.2, 0.25) is 0 Å². The minimum Gasteiger partial charge on any atom is -0.497 e. The molecule has 138 valence electrons. The second-order valence-corrected chi connectivity index (χ2v) is 6.46. The second-order valence-electron chi connectivity index (χ2n) is 6.46. The van der Waals surface area contributed by atoms with E-state index in [1.54, 1.807) is 35.2 Å². The molecule has 0 radical (unpaired) electrons. The van der Waals surface area contributed by atoms with E-state index in [0.29, 0.717) is 24.4 Å². The molecule has 1 aliphatic heterocycles. The van der Waals surface area contributed by atoms with Crippen molar-refractivity contribution in [3.63, 3.8) is 0 Å². The molecule has 0 spiro atoms. The summed E-state index contributed by atoms with van der Waals surface area (Å²) in [7, 11) is 1.52. The largest absolute Gasteiger partial charge is 0.497 e. The third-order valence-electron chi connectivity index (χ3n) is 4.90. The second kappa shape index (κ2) is 7.14. The van der Waals surface area contributed by atoms with Crippen molar-refractivity contribution in [3.05, 3.63) is 53.6 Å². The molecule has 26 heavy (non-hydrogen) atoms. The minimum absolute atomic E-state index is 0.108. The summed E-state index contributed by atoms with van der Waals surface area (Å²) < 4.78 is 47.4. The van der Waals surface area contributed by atoms with Crippen LogP contribution >= 0.6 is 0 Å². The van der Waals surface area contributed by atoms with Gasteiger partial charge in [0.2, 0.25) is 0 Å². The van der Waals surface area contributed by atoms with Gasteiger partial charge >= 0.3 is 6.18 Å². The molecule has 2 unspecified atom stereocenters. The van der Waals surface area contributed by atoms with E-state index in [0.717, 1.165) is 0 Å². The maximum Gasteiger partial charge on any atom is 0.398 e. The Hall–Kier alpha value is -2.30. The number of allylic oxidation sites excluding steroid dienone is 2. The van der Waals surface area contributed by atoms with Crippen molar-refractivity contribution >= 4 is 0 Å². The topological polar surface area (TPSA) is 48.3 Å². The Labute approximate surface area is 150 Å². The Kier molecular flexibility index (Phi) is 5.08. The maximum absolute atomic E-state index is 14.1. The zero-order valence-electron chi connectivity index (χ0n) is 14.4. The molecule has 0 aromatic heterocycles. The van der Waals surface area contributed by atoms with Gasteiger partial charge in [-0.25, -0.2) is 0 Å². The molecule has 7 heteroatoms. The lowest BCUT2D eigenvalue weighted by Crippen LogP contribution is -2.57. The summed E-state index contributed by atoms with van der Waals surface area (Å²) in [5, 5.41) is 12.8. The average molecular weight is 363 g/mol. The Morgan fingerprint density at radius 1 is 1.42 bits per heavy atom. The molecule has 1 heterocycles. The number of nitrogens with zero attached hydrogens (tertiary/aromatic N) is 2. The van der Waals surface area contributed by atoms with Gasteiger partial charge in [0.1, 0.15) is 17.2 Å². The number of rotatable bonds is 4. The zero-order chi connectivity index (χ0) is 18.8. The Bertz CT molecular complexity index is 760. The average Bonchev–Trinajstić information content (AvgIpc) is 3.15. The first-order valence-electron chi connectivity index (χ1n) is 8.35. The van der Waals surface area contributed by atoms with Crippen LogP contribution in [0, 0.1) is 17.2 Å². The van der Waals surface area contributed by atoms with Crippen LogP contribution in [0.25, 0.3) is 0 Å². The van der Waals surface area contributed by atoms with E-state index in [1.807, 2.05) is 6.07 Å². The molecule has 1 N–H and O–H groups in total. The number of ether oxygens (including phenoxy) is 1. The molecule has 0 saturated carbocycles. The van der Waals surface area contributed by atoms with Gasteiger partial charge in [-0.2, -0.15) is 18.4 Å². The van der Waals surface area contributed by atoms with E-state index < -0.39 is 17.6 Å². The van der Waals surface area contributed by atoms with E-state index in [1.165, 1.54) is 19.3 Å². The van der Waals surface area contributed by atoms with Crippen molar-refractivity contribution in [2.75, 3.05) is 26.9 Å². The predicted octanol–water partition coefficient (Wildman–Crippen LogP) is 3.04. The molecule has 3 rings (SSSR count). The van der Waals surface area contributed by atoms with Crippen LogP contribution in [0.3, 0.4) is 0 Å². The number of alkyl halides is 3. The van der Waals surface area contributed by atoms with Crippen molar-refractivity contribution in [2.45, 2.75) is 18.1 Å².